The number of piperidine rings is 1. The zero-order chi connectivity index (χ0) is 13.8. The van der Waals surface area contributed by atoms with E-state index in [1.807, 2.05) is 12.1 Å². The Hall–Kier alpha value is -0.770. The predicted molar refractivity (Wildman–Crippen MR) is 80.6 cm³/mol. The monoisotopic (exact) mass is 295 g/mol. The molecule has 0 bridgehead atoms. The summed E-state index contributed by atoms with van der Waals surface area (Å²) in [4.78, 5) is 0. The first-order chi connectivity index (χ1) is 9.81. The molecule has 1 aromatic rings. The van der Waals surface area contributed by atoms with Crippen molar-refractivity contribution < 1.29 is 9.47 Å². The van der Waals surface area contributed by atoms with Gasteiger partial charge in [-0.3, -0.25) is 0 Å². The third-order valence-electron chi connectivity index (χ3n) is 4.07. The number of nitrogens with one attached hydrogen (secondary N) is 1. The van der Waals surface area contributed by atoms with Gasteiger partial charge in [0.25, 0.3) is 0 Å². The molecule has 0 spiro atoms. The Kier molecular flexibility index (Phi) is 4.81. The first kappa shape index (κ1) is 14.2. The van der Waals surface area contributed by atoms with Crippen molar-refractivity contribution in [2.24, 2.45) is 0 Å². The standard InChI is InChI=1S/C16H22ClNO2/c17-15-10-12(9-13-3-1-2-7-18-13)4-5-16(15)20-14-6-8-19-11-14/h4-5,10,13-14,18H,1-3,6-9,11H2. The van der Waals surface area contributed by atoms with Crippen molar-refractivity contribution >= 4 is 11.6 Å². The van der Waals surface area contributed by atoms with Crippen molar-refractivity contribution in [3.05, 3.63) is 28.8 Å². The molecule has 1 N–H and O–H groups in total. The molecule has 110 valence electrons. The van der Waals surface area contributed by atoms with Crippen LogP contribution in [0.1, 0.15) is 31.2 Å². The lowest BCUT2D eigenvalue weighted by atomic mass is 9.98. The van der Waals surface area contributed by atoms with E-state index in [-0.39, 0.29) is 6.10 Å². The lowest BCUT2D eigenvalue weighted by Gasteiger charge is -2.23. The van der Waals surface area contributed by atoms with Crippen LogP contribution in [-0.4, -0.2) is 31.9 Å². The number of benzene rings is 1. The average Bonchev–Trinajstić information content (AvgIpc) is 2.96. The first-order valence-electron chi connectivity index (χ1n) is 7.57. The molecule has 0 aliphatic carbocycles. The molecule has 20 heavy (non-hydrogen) atoms. The molecule has 2 unspecified atom stereocenters. The zero-order valence-electron chi connectivity index (χ0n) is 11.7. The van der Waals surface area contributed by atoms with Crippen LogP contribution in [0.4, 0.5) is 0 Å². The topological polar surface area (TPSA) is 30.5 Å². The molecule has 0 amide bonds. The molecule has 2 aliphatic heterocycles. The summed E-state index contributed by atoms with van der Waals surface area (Å²) in [6.45, 7) is 2.60. The highest BCUT2D eigenvalue weighted by atomic mass is 35.5. The highest BCUT2D eigenvalue weighted by Crippen LogP contribution is 2.28. The van der Waals surface area contributed by atoms with Gasteiger partial charge in [-0.25, -0.2) is 0 Å². The van der Waals surface area contributed by atoms with Crippen LogP contribution in [0.3, 0.4) is 0 Å². The first-order valence-corrected chi connectivity index (χ1v) is 7.95. The second-order valence-electron chi connectivity index (χ2n) is 5.72. The number of halogens is 1. The van der Waals surface area contributed by atoms with E-state index < -0.39 is 0 Å². The summed E-state index contributed by atoms with van der Waals surface area (Å²) >= 11 is 6.34. The summed E-state index contributed by atoms with van der Waals surface area (Å²) < 4.78 is 11.2. The third kappa shape index (κ3) is 3.66. The maximum atomic E-state index is 6.34. The highest BCUT2D eigenvalue weighted by Gasteiger charge is 2.19. The van der Waals surface area contributed by atoms with Gasteiger partial charge in [0.1, 0.15) is 11.9 Å². The Morgan fingerprint density at radius 3 is 2.95 bits per heavy atom. The van der Waals surface area contributed by atoms with Gasteiger partial charge in [-0.1, -0.05) is 24.1 Å². The molecule has 2 atom stereocenters. The summed E-state index contributed by atoms with van der Waals surface area (Å²) in [5.74, 6) is 0.780. The van der Waals surface area contributed by atoms with Crippen LogP contribution >= 0.6 is 11.6 Å². The second-order valence-corrected chi connectivity index (χ2v) is 6.13. The maximum absolute atomic E-state index is 6.34. The van der Waals surface area contributed by atoms with Gasteiger partial charge in [0, 0.05) is 12.5 Å². The van der Waals surface area contributed by atoms with Crippen LogP contribution in [-0.2, 0) is 11.2 Å². The Labute approximate surface area is 125 Å². The van der Waals surface area contributed by atoms with Crippen LogP contribution in [0.25, 0.3) is 0 Å². The molecule has 0 aromatic heterocycles. The van der Waals surface area contributed by atoms with Crippen molar-refractivity contribution in [3.8, 4) is 5.75 Å². The molecule has 1 aromatic carbocycles. The van der Waals surface area contributed by atoms with E-state index in [0.29, 0.717) is 17.7 Å². The van der Waals surface area contributed by atoms with Crippen molar-refractivity contribution in [2.75, 3.05) is 19.8 Å². The van der Waals surface area contributed by atoms with E-state index in [1.54, 1.807) is 0 Å². The molecular formula is C16H22ClNO2. The minimum absolute atomic E-state index is 0.151. The highest BCUT2D eigenvalue weighted by molar-refractivity contribution is 6.32. The average molecular weight is 296 g/mol. The number of rotatable bonds is 4. The van der Waals surface area contributed by atoms with Crippen LogP contribution in [0.5, 0.6) is 5.75 Å². The summed E-state index contributed by atoms with van der Waals surface area (Å²) in [6, 6.07) is 6.77. The van der Waals surface area contributed by atoms with E-state index in [9.17, 15) is 0 Å². The fourth-order valence-corrected chi connectivity index (χ4v) is 3.18. The minimum Gasteiger partial charge on any atom is -0.486 e. The van der Waals surface area contributed by atoms with Gasteiger partial charge in [0.05, 0.1) is 18.2 Å². The van der Waals surface area contributed by atoms with Crippen molar-refractivity contribution in [1.82, 2.24) is 5.32 Å². The van der Waals surface area contributed by atoms with Gasteiger partial charge in [-0.05, 0) is 43.5 Å². The van der Waals surface area contributed by atoms with E-state index in [2.05, 4.69) is 11.4 Å². The molecule has 0 saturated carbocycles. The Balaban J connectivity index is 1.60. The van der Waals surface area contributed by atoms with Gasteiger partial charge in [-0.15, -0.1) is 0 Å². The largest absolute Gasteiger partial charge is 0.486 e. The summed E-state index contributed by atoms with van der Waals surface area (Å²) in [5, 5.41) is 4.28. The lowest BCUT2D eigenvalue weighted by molar-refractivity contribution is 0.141. The van der Waals surface area contributed by atoms with Crippen molar-refractivity contribution in [1.29, 1.82) is 0 Å². The van der Waals surface area contributed by atoms with E-state index in [4.69, 9.17) is 21.1 Å². The third-order valence-corrected chi connectivity index (χ3v) is 4.37. The minimum atomic E-state index is 0.151. The molecular weight excluding hydrogens is 274 g/mol. The predicted octanol–water partition coefficient (Wildman–Crippen LogP) is 3.19. The molecule has 2 saturated heterocycles. The lowest BCUT2D eigenvalue weighted by Crippen LogP contribution is -2.35. The summed E-state index contributed by atoms with van der Waals surface area (Å²) in [6.07, 6.45) is 6.03. The number of hydrogen-bond donors (Lipinski definition) is 1. The van der Waals surface area contributed by atoms with Crippen molar-refractivity contribution in [2.45, 2.75) is 44.2 Å². The van der Waals surface area contributed by atoms with E-state index >= 15 is 0 Å². The van der Waals surface area contributed by atoms with Gasteiger partial charge < -0.3 is 14.8 Å². The van der Waals surface area contributed by atoms with Crippen LogP contribution < -0.4 is 10.1 Å². The van der Waals surface area contributed by atoms with Gasteiger partial charge in [0.2, 0.25) is 0 Å². The summed E-state index contributed by atoms with van der Waals surface area (Å²) in [5.41, 5.74) is 1.28. The molecule has 3 nitrogen and oxygen atoms in total. The van der Waals surface area contributed by atoms with Gasteiger partial charge >= 0.3 is 0 Å². The fourth-order valence-electron chi connectivity index (χ4n) is 2.94. The number of hydrogen-bond acceptors (Lipinski definition) is 3. The maximum Gasteiger partial charge on any atom is 0.138 e. The summed E-state index contributed by atoms with van der Waals surface area (Å²) in [7, 11) is 0. The molecule has 3 rings (SSSR count). The van der Waals surface area contributed by atoms with Crippen LogP contribution in [0.2, 0.25) is 5.02 Å². The molecule has 2 heterocycles. The number of ether oxygens (including phenoxy) is 2. The van der Waals surface area contributed by atoms with Crippen LogP contribution in [0, 0.1) is 0 Å². The van der Waals surface area contributed by atoms with Gasteiger partial charge in [0.15, 0.2) is 0 Å². The van der Waals surface area contributed by atoms with Crippen LogP contribution in [0.15, 0.2) is 18.2 Å². The quantitative estimate of drug-likeness (QED) is 0.925. The second kappa shape index (κ2) is 6.79. The van der Waals surface area contributed by atoms with E-state index in [0.717, 1.165) is 31.7 Å². The molecule has 4 heteroatoms. The SMILES string of the molecule is Clc1cc(CC2CCCCN2)ccc1OC1CCOC1. The van der Waals surface area contributed by atoms with Gasteiger partial charge in [-0.2, -0.15) is 0 Å². The Morgan fingerprint density at radius 2 is 2.25 bits per heavy atom. The fraction of sp³-hybridized carbons (Fsp3) is 0.625. The molecule has 0 radical (unpaired) electrons. The normalized spacial score (nSPS) is 26.6. The van der Waals surface area contributed by atoms with Crippen molar-refractivity contribution in [3.63, 3.8) is 0 Å². The Bertz CT molecular complexity index is 440. The molecule has 2 fully saturated rings. The smallest absolute Gasteiger partial charge is 0.138 e. The van der Waals surface area contributed by atoms with E-state index in [1.165, 1.54) is 24.8 Å². The Morgan fingerprint density at radius 1 is 1.30 bits per heavy atom. The zero-order valence-corrected chi connectivity index (χ0v) is 12.5. The molecule has 2 aliphatic rings.